The van der Waals surface area contributed by atoms with E-state index < -0.39 is 25.7 Å². The van der Waals surface area contributed by atoms with E-state index >= 15 is 0 Å². The Morgan fingerprint density at radius 3 is 1.40 bits per heavy atom. The van der Waals surface area contributed by atoms with Crippen LogP contribution in [0.2, 0.25) is 5.02 Å². The topological polar surface area (TPSA) is 57.5 Å². The number of carboxylic acid groups (broad SMARTS) is 1. The number of hydrogen-bond acceptors (Lipinski definition) is 2. The Labute approximate surface area is 188 Å². The Balaban J connectivity index is 0.000000199. The Kier molecular flexibility index (Phi) is 7.94. The number of carboxylic acids is 1. The van der Waals surface area contributed by atoms with Gasteiger partial charge in [0.2, 0.25) is 0 Å². The van der Waals surface area contributed by atoms with Crippen LogP contribution in [0.15, 0.2) is 109 Å². The molecule has 30 heavy (non-hydrogen) atoms. The van der Waals surface area contributed by atoms with Crippen LogP contribution < -0.4 is 10.7 Å². The quantitative estimate of drug-likeness (QED) is 0.399. The van der Waals surface area contributed by atoms with Gasteiger partial charge in [-0.05, 0) is 18.2 Å². The van der Waals surface area contributed by atoms with Gasteiger partial charge in [0.1, 0.15) is 11.3 Å². The van der Waals surface area contributed by atoms with Crippen LogP contribution in [0.5, 0.6) is 5.75 Å². The number of halogens is 1. The van der Waals surface area contributed by atoms with Gasteiger partial charge in [-0.1, -0.05) is 11.6 Å². The van der Waals surface area contributed by atoms with Crippen LogP contribution in [0, 0.1) is 0 Å². The van der Waals surface area contributed by atoms with Crippen LogP contribution in [0.4, 0.5) is 0 Å². The Hall–Kier alpha value is -2.76. The van der Waals surface area contributed by atoms with E-state index in [0.717, 1.165) is 0 Å². The molecule has 0 unspecified atom stereocenters. The molecule has 0 aromatic heterocycles. The van der Waals surface area contributed by atoms with E-state index in [-0.39, 0.29) is 11.3 Å². The van der Waals surface area contributed by atoms with Gasteiger partial charge in [0.05, 0.1) is 0 Å². The molecule has 2 N–H and O–H groups in total. The molecule has 0 saturated carbocycles. The predicted octanol–water partition coefficient (Wildman–Crippen LogP) is 3.95. The SMILES string of the molecule is O=C(O)c1cc(Cl)ccc1O.c1cc[c]([Sn]([c]2ccccc2)[c]2ccccc2)cc1. The van der Waals surface area contributed by atoms with E-state index in [1.807, 2.05) is 0 Å². The number of phenols is 1. The zero-order chi connectivity index (χ0) is 21.3. The van der Waals surface area contributed by atoms with Gasteiger partial charge in [0.15, 0.2) is 0 Å². The van der Waals surface area contributed by atoms with Gasteiger partial charge in [-0.2, -0.15) is 0 Å². The van der Waals surface area contributed by atoms with Crippen molar-refractivity contribution in [1.82, 2.24) is 0 Å². The van der Waals surface area contributed by atoms with Crippen LogP contribution in [-0.4, -0.2) is 35.9 Å². The van der Waals surface area contributed by atoms with E-state index in [2.05, 4.69) is 91.0 Å². The van der Waals surface area contributed by atoms with Crippen molar-refractivity contribution < 1.29 is 15.0 Å². The van der Waals surface area contributed by atoms with Crippen molar-refractivity contribution in [2.75, 3.05) is 0 Å². The molecule has 149 valence electrons. The molecule has 0 saturated heterocycles. The summed E-state index contributed by atoms with van der Waals surface area (Å²) in [5.74, 6) is -1.47. The van der Waals surface area contributed by atoms with Crippen molar-refractivity contribution in [3.8, 4) is 5.75 Å². The molecular formula is C25H20ClO3Sn. The van der Waals surface area contributed by atoms with Gasteiger partial charge < -0.3 is 10.2 Å². The number of carbonyl (C=O) groups is 1. The number of aromatic carboxylic acids is 1. The van der Waals surface area contributed by atoms with Crippen molar-refractivity contribution in [3.63, 3.8) is 0 Å². The molecule has 0 aliphatic heterocycles. The minimum absolute atomic E-state index is 0.183. The summed E-state index contributed by atoms with van der Waals surface area (Å²) in [5.41, 5.74) is -0.183. The summed E-state index contributed by atoms with van der Waals surface area (Å²) in [6.45, 7) is 0. The molecule has 0 bridgehead atoms. The maximum absolute atomic E-state index is 10.4. The third kappa shape index (κ3) is 5.88. The second kappa shape index (κ2) is 10.9. The molecule has 5 heteroatoms. The van der Waals surface area contributed by atoms with Gasteiger partial charge in [0, 0.05) is 5.02 Å². The molecule has 0 aliphatic rings. The Bertz CT molecular complexity index is 993. The monoisotopic (exact) mass is 523 g/mol. The summed E-state index contributed by atoms with van der Waals surface area (Å²) >= 11 is 3.50. The fraction of sp³-hybridized carbons (Fsp3) is 0. The number of aromatic hydroxyl groups is 1. The Morgan fingerprint density at radius 1 is 0.667 bits per heavy atom. The second-order valence-electron chi connectivity index (χ2n) is 6.44. The molecule has 4 rings (SSSR count). The first-order valence-electron chi connectivity index (χ1n) is 9.31. The second-order valence-corrected chi connectivity index (χ2v) is 14.0. The zero-order valence-electron chi connectivity index (χ0n) is 16.1. The van der Waals surface area contributed by atoms with Gasteiger partial charge in [0.25, 0.3) is 0 Å². The van der Waals surface area contributed by atoms with Crippen molar-refractivity contribution in [1.29, 1.82) is 0 Å². The molecule has 0 amide bonds. The number of rotatable bonds is 4. The van der Waals surface area contributed by atoms with E-state index in [1.54, 1.807) is 0 Å². The fourth-order valence-electron chi connectivity index (χ4n) is 2.99. The van der Waals surface area contributed by atoms with Crippen LogP contribution in [0.3, 0.4) is 0 Å². The van der Waals surface area contributed by atoms with Crippen LogP contribution >= 0.6 is 11.6 Å². The average Bonchev–Trinajstić information content (AvgIpc) is 2.78. The third-order valence-electron chi connectivity index (χ3n) is 4.38. The van der Waals surface area contributed by atoms with E-state index in [4.69, 9.17) is 21.8 Å². The predicted molar refractivity (Wildman–Crippen MR) is 124 cm³/mol. The van der Waals surface area contributed by atoms with Crippen molar-refractivity contribution in [3.05, 3.63) is 120 Å². The molecule has 0 spiro atoms. The molecule has 1 radical (unpaired) electrons. The molecule has 0 fully saturated rings. The maximum atomic E-state index is 10.4. The van der Waals surface area contributed by atoms with Crippen LogP contribution in [0.25, 0.3) is 0 Å². The van der Waals surface area contributed by atoms with E-state index in [9.17, 15) is 4.79 Å². The average molecular weight is 523 g/mol. The number of benzene rings is 4. The third-order valence-corrected chi connectivity index (χ3v) is 12.4. The standard InChI is InChI=1S/C7H5ClO3.3C6H5.Sn/c8-4-1-2-6(9)5(3-4)7(10)11;3*1-2-4-6-5-3-1;/h1-3,9H,(H,10,11);3*1-5H;. The molecule has 0 atom stereocenters. The first-order chi connectivity index (χ1) is 14.6. The van der Waals surface area contributed by atoms with Crippen molar-refractivity contribution >= 4 is 48.1 Å². The molecule has 4 aromatic rings. The van der Waals surface area contributed by atoms with Gasteiger partial charge >= 0.3 is 127 Å². The summed E-state index contributed by atoms with van der Waals surface area (Å²) in [5, 5.41) is 17.7. The number of hydrogen-bond donors (Lipinski definition) is 2. The summed E-state index contributed by atoms with van der Waals surface area (Å²) in [4.78, 5) is 10.4. The molecule has 0 heterocycles. The molecular weight excluding hydrogens is 502 g/mol. The van der Waals surface area contributed by atoms with Crippen molar-refractivity contribution in [2.24, 2.45) is 0 Å². The summed E-state index contributed by atoms with van der Waals surface area (Å²) < 4.78 is 4.59. The summed E-state index contributed by atoms with van der Waals surface area (Å²) in [7, 11) is 0. The van der Waals surface area contributed by atoms with Gasteiger partial charge in [-0.25, -0.2) is 4.79 Å². The van der Waals surface area contributed by atoms with E-state index in [0.29, 0.717) is 5.02 Å². The summed E-state index contributed by atoms with van der Waals surface area (Å²) in [6, 6.07) is 36.8. The van der Waals surface area contributed by atoms with Gasteiger partial charge in [-0.15, -0.1) is 0 Å². The van der Waals surface area contributed by atoms with Crippen molar-refractivity contribution in [2.45, 2.75) is 0 Å². The zero-order valence-corrected chi connectivity index (χ0v) is 19.7. The van der Waals surface area contributed by atoms with Gasteiger partial charge in [-0.3, -0.25) is 0 Å². The van der Waals surface area contributed by atoms with Crippen LogP contribution in [-0.2, 0) is 0 Å². The molecule has 0 aliphatic carbocycles. The molecule has 3 nitrogen and oxygen atoms in total. The Morgan fingerprint density at radius 2 is 1.07 bits per heavy atom. The first-order valence-corrected chi connectivity index (χ1v) is 14.0. The van der Waals surface area contributed by atoms with E-state index in [1.165, 1.54) is 28.9 Å². The molecule has 4 aromatic carbocycles. The summed E-state index contributed by atoms with van der Waals surface area (Å²) in [6.07, 6.45) is 0. The normalized spacial score (nSPS) is 10.2. The first kappa shape index (κ1) is 21.9. The van der Waals surface area contributed by atoms with Crippen LogP contribution in [0.1, 0.15) is 10.4 Å². The fourth-order valence-corrected chi connectivity index (χ4v) is 10.5. The minimum atomic E-state index is -1.98.